The Morgan fingerprint density at radius 3 is 2.41 bits per heavy atom. The summed E-state index contributed by atoms with van der Waals surface area (Å²) in [5.41, 5.74) is 0.798. The molecule has 17 heavy (non-hydrogen) atoms. The molecule has 2 aromatic carbocycles. The van der Waals surface area contributed by atoms with Crippen LogP contribution in [0.15, 0.2) is 42.5 Å². The average Bonchev–Trinajstić information content (AvgIpc) is 2.36. The molecule has 2 nitrogen and oxygen atoms in total. The number of hydrogen-bond acceptors (Lipinski definition) is 2. The fraction of sp³-hybridized carbons (Fsp3) is 0.267. The van der Waals surface area contributed by atoms with E-state index < -0.39 is 6.10 Å². The number of hydrogen-bond donors (Lipinski definition) is 1. The molecule has 0 aliphatic heterocycles. The van der Waals surface area contributed by atoms with Gasteiger partial charge in [-0.2, -0.15) is 0 Å². The number of fused-ring (bicyclic) bond motifs is 1. The number of benzene rings is 2. The van der Waals surface area contributed by atoms with Crippen LogP contribution in [0.25, 0.3) is 10.8 Å². The van der Waals surface area contributed by atoms with Crippen molar-refractivity contribution in [2.45, 2.75) is 20.0 Å². The summed E-state index contributed by atoms with van der Waals surface area (Å²) >= 11 is 0. The largest absolute Gasteiger partial charge is 0.388 e. The lowest BCUT2D eigenvalue weighted by Crippen LogP contribution is -2.16. The first-order valence-corrected chi connectivity index (χ1v) is 5.77. The first-order chi connectivity index (χ1) is 8.09. The summed E-state index contributed by atoms with van der Waals surface area (Å²) in [5, 5.41) is 12.3. The molecule has 1 N–H and O–H groups in total. The predicted octanol–water partition coefficient (Wildman–Crippen LogP) is 3.10. The van der Waals surface area contributed by atoms with Crippen LogP contribution in [0.5, 0.6) is 0 Å². The van der Waals surface area contributed by atoms with Gasteiger partial charge >= 0.3 is 0 Å². The highest BCUT2D eigenvalue weighted by Crippen LogP contribution is 2.25. The van der Waals surface area contributed by atoms with Gasteiger partial charge in [-0.25, -0.2) is 0 Å². The minimum atomic E-state index is -0.725. The van der Waals surface area contributed by atoms with Crippen LogP contribution in [0.4, 0.5) is 0 Å². The third-order valence-electron chi connectivity index (χ3n) is 3.23. The molecule has 0 bridgehead atoms. The van der Waals surface area contributed by atoms with Crippen LogP contribution >= 0.6 is 0 Å². The van der Waals surface area contributed by atoms with Crippen molar-refractivity contribution in [3.8, 4) is 0 Å². The zero-order valence-corrected chi connectivity index (χ0v) is 10.1. The van der Waals surface area contributed by atoms with E-state index in [1.54, 1.807) is 6.92 Å². The molecule has 0 saturated carbocycles. The SMILES string of the molecule is CC(=O)[C@@H](C)[C@H](O)c1ccc2ccccc2c1. The number of Topliss-reactive ketones (excluding diaryl/α,β-unsaturated/α-hetero) is 1. The molecule has 2 heteroatoms. The summed E-state index contributed by atoms with van der Waals surface area (Å²) in [6.07, 6.45) is -0.725. The van der Waals surface area contributed by atoms with Crippen molar-refractivity contribution in [3.63, 3.8) is 0 Å². The van der Waals surface area contributed by atoms with Gasteiger partial charge in [0.15, 0.2) is 0 Å². The molecule has 0 saturated heterocycles. The second-order valence-electron chi connectivity index (χ2n) is 4.45. The number of ketones is 1. The van der Waals surface area contributed by atoms with Crippen molar-refractivity contribution in [2.24, 2.45) is 5.92 Å². The molecule has 0 fully saturated rings. The molecule has 88 valence electrons. The van der Waals surface area contributed by atoms with Gasteiger partial charge in [-0.3, -0.25) is 4.79 Å². The second kappa shape index (κ2) is 4.68. The second-order valence-corrected chi connectivity index (χ2v) is 4.45. The smallest absolute Gasteiger partial charge is 0.135 e. The molecule has 0 radical (unpaired) electrons. The predicted molar refractivity (Wildman–Crippen MR) is 68.8 cm³/mol. The molecule has 2 atom stereocenters. The Bertz CT molecular complexity index is 545. The lowest BCUT2D eigenvalue weighted by molar-refractivity contribution is -0.123. The Morgan fingerprint density at radius 1 is 1.12 bits per heavy atom. The molecule has 0 amide bonds. The Morgan fingerprint density at radius 2 is 1.76 bits per heavy atom. The first kappa shape index (κ1) is 11.8. The van der Waals surface area contributed by atoms with Crippen LogP contribution in [0.2, 0.25) is 0 Å². The lowest BCUT2D eigenvalue weighted by atomic mass is 9.93. The maximum Gasteiger partial charge on any atom is 0.135 e. The van der Waals surface area contributed by atoms with E-state index >= 15 is 0 Å². The van der Waals surface area contributed by atoms with Crippen molar-refractivity contribution in [1.29, 1.82) is 0 Å². The number of carbonyl (C=O) groups excluding carboxylic acids is 1. The maximum atomic E-state index is 11.3. The van der Waals surface area contributed by atoms with Crippen LogP contribution < -0.4 is 0 Å². The van der Waals surface area contributed by atoms with Gasteiger partial charge < -0.3 is 5.11 Å². The van der Waals surface area contributed by atoms with E-state index in [1.807, 2.05) is 42.5 Å². The standard InChI is InChI=1S/C15H16O2/c1-10(11(2)16)15(17)14-8-7-12-5-3-4-6-13(12)9-14/h3-10,15,17H,1-2H3/t10-,15+/m1/s1. The molecular formula is C15H16O2. The Labute approximate surface area is 101 Å². The van der Waals surface area contributed by atoms with Crippen molar-refractivity contribution < 1.29 is 9.90 Å². The number of rotatable bonds is 3. The molecule has 0 aliphatic carbocycles. The highest BCUT2D eigenvalue weighted by Gasteiger charge is 2.20. The fourth-order valence-corrected chi connectivity index (χ4v) is 1.90. The number of aliphatic hydroxyl groups excluding tert-OH is 1. The van der Waals surface area contributed by atoms with E-state index in [2.05, 4.69) is 0 Å². The molecular weight excluding hydrogens is 212 g/mol. The quantitative estimate of drug-likeness (QED) is 0.876. The molecule has 0 heterocycles. The normalized spacial score (nSPS) is 14.5. The highest BCUT2D eigenvalue weighted by atomic mass is 16.3. The third kappa shape index (κ3) is 2.37. The minimum absolute atomic E-state index is 0.00524. The molecule has 0 spiro atoms. The minimum Gasteiger partial charge on any atom is -0.388 e. The van der Waals surface area contributed by atoms with Crippen molar-refractivity contribution in [1.82, 2.24) is 0 Å². The number of aliphatic hydroxyl groups is 1. The monoisotopic (exact) mass is 228 g/mol. The van der Waals surface area contributed by atoms with Gasteiger partial charge in [0.1, 0.15) is 5.78 Å². The van der Waals surface area contributed by atoms with Crippen molar-refractivity contribution >= 4 is 16.6 Å². The van der Waals surface area contributed by atoms with Gasteiger partial charge in [-0.05, 0) is 29.3 Å². The van der Waals surface area contributed by atoms with E-state index in [0.29, 0.717) is 0 Å². The topological polar surface area (TPSA) is 37.3 Å². The summed E-state index contributed by atoms with van der Waals surface area (Å²) in [7, 11) is 0. The van der Waals surface area contributed by atoms with Gasteiger partial charge in [-0.15, -0.1) is 0 Å². The van der Waals surface area contributed by atoms with Crippen LogP contribution in [-0.4, -0.2) is 10.9 Å². The summed E-state index contributed by atoms with van der Waals surface area (Å²) in [6, 6.07) is 13.8. The molecule has 2 aromatic rings. The summed E-state index contributed by atoms with van der Waals surface area (Å²) < 4.78 is 0. The van der Waals surface area contributed by atoms with Gasteiger partial charge in [0.2, 0.25) is 0 Å². The average molecular weight is 228 g/mol. The van der Waals surface area contributed by atoms with Crippen molar-refractivity contribution in [2.75, 3.05) is 0 Å². The molecule has 0 unspecified atom stereocenters. The summed E-state index contributed by atoms with van der Waals surface area (Å²) in [4.78, 5) is 11.3. The molecule has 0 aromatic heterocycles. The van der Waals surface area contributed by atoms with E-state index in [4.69, 9.17) is 0 Å². The number of carbonyl (C=O) groups is 1. The Balaban J connectivity index is 2.39. The molecule has 0 aliphatic rings. The lowest BCUT2D eigenvalue weighted by Gasteiger charge is -2.17. The first-order valence-electron chi connectivity index (χ1n) is 5.77. The van der Waals surface area contributed by atoms with Gasteiger partial charge in [0.25, 0.3) is 0 Å². The van der Waals surface area contributed by atoms with Gasteiger partial charge in [0.05, 0.1) is 6.10 Å². The van der Waals surface area contributed by atoms with Crippen LogP contribution in [0.3, 0.4) is 0 Å². The van der Waals surface area contributed by atoms with Crippen LogP contribution in [-0.2, 0) is 4.79 Å². The fourth-order valence-electron chi connectivity index (χ4n) is 1.90. The van der Waals surface area contributed by atoms with Crippen LogP contribution in [0.1, 0.15) is 25.5 Å². The van der Waals surface area contributed by atoms with E-state index in [1.165, 1.54) is 6.92 Å². The molecule has 2 rings (SSSR count). The zero-order valence-electron chi connectivity index (χ0n) is 10.1. The van der Waals surface area contributed by atoms with E-state index in [0.717, 1.165) is 16.3 Å². The summed E-state index contributed by atoms with van der Waals surface area (Å²) in [5.74, 6) is -0.359. The van der Waals surface area contributed by atoms with E-state index in [9.17, 15) is 9.90 Å². The third-order valence-corrected chi connectivity index (χ3v) is 3.23. The zero-order chi connectivity index (χ0) is 12.4. The summed E-state index contributed by atoms with van der Waals surface area (Å²) in [6.45, 7) is 3.26. The Kier molecular flexibility index (Phi) is 3.25. The highest BCUT2D eigenvalue weighted by molar-refractivity contribution is 5.83. The van der Waals surface area contributed by atoms with Gasteiger partial charge in [0, 0.05) is 5.92 Å². The maximum absolute atomic E-state index is 11.3. The van der Waals surface area contributed by atoms with Gasteiger partial charge in [-0.1, -0.05) is 43.3 Å². The van der Waals surface area contributed by atoms with E-state index in [-0.39, 0.29) is 11.7 Å². The Hall–Kier alpha value is -1.67. The van der Waals surface area contributed by atoms with Crippen LogP contribution in [0, 0.1) is 5.92 Å². The van der Waals surface area contributed by atoms with Crippen molar-refractivity contribution in [3.05, 3.63) is 48.0 Å².